The fourth-order valence-electron chi connectivity index (χ4n) is 3.05. The van der Waals surface area contributed by atoms with Crippen LogP contribution in [0.3, 0.4) is 0 Å². The van der Waals surface area contributed by atoms with Gasteiger partial charge >= 0.3 is 0 Å². The molecular formula is C22H22N8O2. The van der Waals surface area contributed by atoms with Crippen molar-refractivity contribution in [1.29, 1.82) is 10.8 Å². The summed E-state index contributed by atoms with van der Waals surface area (Å²) in [5.41, 5.74) is 17.1. The Morgan fingerprint density at radius 2 is 1.97 bits per heavy atom. The molecule has 10 nitrogen and oxygen atoms in total. The van der Waals surface area contributed by atoms with E-state index in [4.69, 9.17) is 20.7 Å². The summed E-state index contributed by atoms with van der Waals surface area (Å²) >= 11 is 0. The molecule has 0 atom stereocenters. The normalized spacial score (nSPS) is 11.0. The van der Waals surface area contributed by atoms with Gasteiger partial charge in [-0.15, -0.1) is 0 Å². The van der Waals surface area contributed by atoms with Crippen LogP contribution in [-0.2, 0) is 17.9 Å². The zero-order valence-electron chi connectivity index (χ0n) is 17.7. The molecule has 10 heteroatoms. The zero-order valence-corrected chi connectivity index (χ0v) is 17.7. The summed E-state index contributed by atoms with van der Waals surface area (Å²) in [6, 6.07) is 14.5. The minimum atomic E-state index is 0.00500. The van der Waals surface area contributed by atoms with Crippen LogP contribution in [0.2, 0.25) is 0 Å². The summed E-state index contributed by atoms with van der Waals surface area (Å²) in [6.07, 6.45) is 1.56. The van der Waals surface area contributed by atoms with E-state index in [2.05, 4.69) is 31.5 Å². The second kappa shape index (κ2) is 10.6. The van der Waals surface area contributed by atoms with Crippen LogP contribution in [0.15, 0.2) is 53.8 Å². The fourth-order valence-corrected chi connectivity index (χ4v) is 3.05. The Hall–Kier alpha value is -4.36. The molecule has 0 spiro atoms. The third-order valence-electron chi connectivity index (χ3n) is 4.42. The summed E-state index contributed by atoms with van der Waals surface area (Å²) in [5, 5.41) is 16.0. The predicted octanol–water partition coefficient (Wildman–Crippen LogP) is 3.27. The maximum Gasteiger partial charge on any atom is 0.221 e. The first-order chi connectivity index (χ1) is 15.6. The van der Waals surface area contributed by atoms with Crippen LogP contribution < -0.4 is 15.8 Å². The van der Waals surface area contributed by atoms with E-state index in [0.717, 1.165) is 11.4 Å². The van der Waals surface area contributed by atoms with Crippen LogP contribution in [0.4, 0.5) is 5.95 Å². The highest BCUT2D eigenvalue weighted by Crippen LogP contribution is 2.33. The summed E-state index contributed by atoms with van der Waals surface area (Å²) in [6.45, 7) is 0.846. The van der Waals surface area contributed by atoms with Crippen LogP contribution in [0, 0.1) is 16.9 Å². The molecule has 32 heavy (non-hydrogen) atoms. The number of hydrogen-bond donors (Lipinski definition) is 3. The molecule has 0 unspecified atom stereocenters. The fraction of sp³-hybridized carbons (Fsp3) is 0.182. The monoisotopic (exact) mass is 430 g/mol. The number of pyridine rings is 1. The highest BCUT2D eigenvalue weighted by Gasteiger charge is 2.15. The van der Waals surface area contributed by atoms with Gasteiger partial charge < -0.3 is 20.5 Å². The van der Waals surface area contributed by atoms with Gasteiger partial charge in [0.2, 0.25) is 5.95 Å². The van der Waals surface area contributed by atoms with Crippen molar-refractivity contribution in [3.05, 3.63) is 71.3 Å². The Morgan fingerprint density at radius 1 is 1.19 bits per heavy atom. The van der Waals surface area contributed by atoms with E-state index in [1.165, 1.54) is 7.11 Å². The summed E-state index contributed by atoms with van der Waals surface area (Å²) in [4.78, 5) is 12.9. The first-order valence-electron chi connectivity index (χ1n) is 9.56. The van der Waals surface area contributed by atoms with Crippen molar-refractivity contribution in [2.75, 3.05) is 20.0 Å². The van der Waals surface area contributed by atoms with E-state index >= 15 is 0 Å². The average Bonchev–Trinajstić information content (AvgIpc) is 2.81. The van der Waals surface area contributed by atoms with E-state index in [1.807, 2.05) is 18.2 Å². The highest BCUT2D eigenvalue weighted by molar-refractivity contribution is 5.74. The Morgan fingerprint density at radius 3 is 2.69 bits per heavy atom. The number of benzene rings is 1. The molecule has 0 saturated heterocycles. The quantitative estimate of drug-likeness (QED) is 0.437. The Bertz CT molecular complexity index is 1190. The first-order valence-corrected chi connectivity index (χ1v) is 9.56. The lowest BCUT2D eigenvalue weighted by atomic mass is 10.1. The maximum atomic E-state index is 9.34. The predicted molar refractivity (Wildman–Crippen MR) is 118 cm³/mol. The standard InChI is InChI=1S/C22H22N8O2/c1-31-13-16-7-4-6-15(27-16)11-26-12-20(30-25)19-9-18(28-22(24)29-19)17-8-3-5-14(10-23)21(17)32-2/h3-9,12,25-26H,11,13H2,1-2H3,(H2,24,28,29)/b20-12-,30-25?. The summed E-state index contributed by atoms with van der Waals surface area (Å²) in [5.74, 6) is 0.387. The SMILES string of the molecule is COCc1cccc(CN/C=C(\N=N)c2cc(-c3cccc(C#N)c3OC)nc(N)n2)n1. The van der Waals surface area contributed by atoms with E-state index in [9.17, 15) is 5.26 Å². The number of anilines is 1. The largest absolute Gasteiger partial charge is 0.495 e. The van der Waals surface area contributed by atoms with Crippen LogP contribution in [0.1, 0.15) is 22.6 Å². The summed E-state index contributed by atoms with van der Waals surface area (Å²) < 4.78 is 10.5. The first kappa shape index (κ1) is 22.3. The molecule has 1 aromatic carbocycles. The number of nitriles is 1. The van der Waals surface area contributed by atoms with Crippen molar-refractivity contribution < 1.29 is 9.47 Å². The van der Waals surface area contributed by atoms with Crippen LogP contribution in [0.25, 0.3) is 17.0 Å². The van der Waals surface area contributed by atoms with Crippen molar-refractivity contribution in [3.8, 4) is 23.1 Å². The Balaban J connectivity index is 1.89. The summed E-state index contributed by atoms with van der Waals surface area (Å²) in [7, 11) is 3.10. The molecule has 3 rings (SSSR count). The topological polar surface area (TPSA) is 155 Å². The molecule has 0 aliphatic carbocycles. The van der Waals surface area contributed by atoms with Gasteiger partial charge in [0.1, 0.15) is 17.5 Å². The van der Waals surface area contributed by atoms with E-state index in [-0.39, 0.29) is 11.6 Å². The lowest BCUT2D eigenvalue weighted by Crippen LogP contribution is -2.09. The van der Waals surface area contributed by atoms with E-state index in [1.54, 1.807) is 37.6 Å². The molecule has 0 bridgehead atoms. The minimum Gasteiger partial charge on any atom is -0.495 e. The van der Waals surface area contributed by atoms with Gasteiger partial charge in [-0.05, 0) is 30.3 Å². The van der Waals surface area contributed by atoms with Gasteiger partial charge in [0.05, 0.1) is 48.6 Å². The molecule has 0 saturated carbocycles. The van der Waals surface area contributed by atoms with Crippen LogP contribution in [0.5, 0.6) is 5.75 Å². The lowest BCUT2D eigenvalue weighted by molar-refractivity contribution is 0.181. The highest BCUT2D eigenvalue weighted by atomic mass is 16.5. The third-order valence-corrected chi connectivity index (χ3v) is 4.42. The number of ether oxygens (including phenoxy) is 2. The van der Waals surface area contributed by atoms with Crippen LogP contribution in [-0.4, -0.2) is 29.2 Å². The van der Waals surface area contributed by atoms with Gasteiger partial charge in [0.15, 0.2) is 0 Å². The van der Waals surface area contributed by atoms with Crippen LogP contribution >= 0.6 is 0 Å². The minimum absolute atomic E-state index is 0.00500. The van der Waals surface area contributed by atoms with Gasteiger partial charge in [-0.3, -0.25) is 4.98 Å². The second-order valence-corrected chi connectivity index (χ2v) is 6.57. The number of nitrogens with zero attached hydrogens (tertiary/aromatic N) is 5. The molecule has 0 aliphatic rings. The van der Waals surface area contributed by atoms with Gasteiger partial charge in [0, 0.05) is 18.9 Å². The van der Waals surface area contributed by atoms with Gasteiger partial charge in [-0.2, -0.15) is 10.4 Å². The van der Waals surface area contributed by atoms with Gasteiger partial charge in [-0.25, -0.2) is 15.5 Å². The van der Waals surface area contributed by atoms with Crippen molar-refractivity contribution in [2.45, 2.75) is 13.2 Å². The number of nitrogens with one attached hydrogen (secondary N) is 2. The number of hydrogen-bond acceptors (Lipinski definition) is 10. The molecule has 0 aliphatic heterocycles. The van der Waals surface area contributed by atoms with Crippen molar-refractivity contribution in [3.63, 3.8) is 0 Å². The third kappa shape index (κ3) is 5.21. The number of para-hydroxylation sites is 1. The van der Waals surface area contributed by atoms with Gasteiger partial charge in [-0.1, -0.05) is 12.1 Å². The molecule has 0 radical (unpaired) electrons. The molecule has 0 fully saturated rings. The number of methoxy groups -OCH3 is 2. The molecular weight excluding hydrogens is 408 g/mol. The Kier molecular flexibility index (Phi) is 7.40. The number of rotatable bonds is 9. The second-order valence-electron chi connectivity index (χ2n) is 6.57. The van der Waals surface area contributed by atoms with Gasteiger partial charge in [0.25, 0.3) is 0 Å². The van der Waals surface area contributed by atoms with Crippen molar-refractivity contribution in [2.24, 2.45) is 5.11 Å². The number of aromatic nitrogens is 3. The molecule has 2 aromatic heterocycles. The maximum absolute atomic E-state index is 9.34. The van der Waals surface area contributed by atoms with Crippen molar-refractivity contribution >= 4 is 11.6 Å². The molecule has 0 amide bonds. The molecule has 3 aromatic rings. The molecule has 162 valence electrons. The smallest absolute Gasteiger partial charge is 0.221 e. The van der Waals surface area contributed by atoms with E-state index < -0.39 is 0 Å². The number of nitrogen functional groups attached to an aromatic ring is 1. The number of nitrogens with two attached hydrogens (primary N) is 1. The zero-order chi connectivity index (χ0) is 22.9. The average molecular weight is 430 g/mol. The lowest BCUT2D eigenvalue weighted by Gasteiger charge is -2.11. The van der Waals surface area contributed by atoms with Crippen molar-refractivity contribution in [1.82, 2.24) is 20.3 Å². The Labute approximate surface area is 185 Å². The van der Waals surface area contributed by atoms with E-state index in [0.29, 0.717) is 41.4 Å². The molecule has 2 heterocycles. The molecule has 4 N–H and O–H groups in total.